The van der Waals surface area contributed by atoms with Gasteiger partial charge in [-0.25, -0.2) is 0 Å². The Kier molecular flexibility index (Phi) is 4.16. The summed E-state index contributed by atoms with van der Waals surface area (Å²) >= 11 is 0. The first-order chi connectivity index (χ1) is 11.1. The second-order valence-corrected chi connectivity index (χ2v) is 5.91. The summed E-state index contributed by atoms with van der Waals surface area (Å²) in [4.78, 5) is 14.3. The first-order valence-corrected chi connectivity index (χ1v) is 7.76. The maximum atomic E-state index is 11.0. The number of benzene rings is 2. The van der Waals surface area contributed by atoms with Gasteiger partial charge in [-0.1, -0.05) is 18.2 Å². The van der Waals surface area contributed by atoms with E-state index in [4.69, 9.17) is 5.73 Å². The molecule has 0 radical (unpaired) electrons. The highest BCUT2D eigenvalue weighted by Crippen LogP contribution is 2.26. The van der Waals surface area contributed by atoms with E-state index in [1.807, 2.05) is 13.0 Å². The summed E-state index contributed by atoms with van der Waals surface area (Å²) in [5, 5.41) is 11.0. The van der Waals surface area contributed by atoms with E-state index in [1.165, 1.54) is 10.6 Å². The zero-order chi connectivity index (χ0) is 16.4. The molecule has 0 unspecified atom stereocenters. The van der Waals surface area contributed by atoms with E-state index in [0.717, 1.165) is 37.4 Å². The maximum absolute atomic E-state index is 11.0. The number of aryl methyl sites for hydroxylation is 1. The standard InChI is InChI=1S/C17H20N4O2/c1-13-11-17(21(22)23)15(18)12-16(13)20-9-7-19(8-10-20)14-5-3-2-4-6-14/h2-6,11-12H,7-10,18H2,1H3/p+1. The number of nitrogen functional groups attached to an aromatic ring is 1. The summed E-state index contributed by atoms with van der Waals surface area (Å²) < 4.78 is 0. The van der Waals surface area contributed by atoms with Crippen LogP contribution in [0.25, 0.3) is 0 Å². The van der Waals surface area contributed by atoms with Crippen LogP contribution in [0.4, 0.5) is 22.7 Å². The van der Waals surface area contributed by atoms with Gasteiger partial charge in [0.25, 0.3) is 5.69 Å². The van der Waals surface area contributed by atoms with Gasteiger partial charge in [-0.2, -0.15) is 0 Å². The molecule has 0 aliphatic carbocycles. The number of anilines is 2. The molecule has 3 rings (SSSR count). The van der Waals surface area contributed by atoms with Crippen molar-refractivity contribution in [3.8, 4) is 0 Å². The van der Waals surface area contributed by atoms with E-state index >= 15 is 0 Å². The topological polar surface area (TPSA) is 76.8 Å². The minimum Gasteiger partial charge on any atom is -0.393 e. The molecule has 0 atom stereocenters. The van der Waals surface area contributed by atoms with E-state index in [9.17, 15) is 10.1 Å². The maximum Gasteiger partial charge on any atom is 0.292 e. The van der Waals surface area contributed by atoms with Crippen molar-refractivity contribution in [2.24, 2.45) is 0 Å². The Morgan fingerprint density at radius 3 is 2.43 bits per heavy atom. The number of piperazine rings is 1. The summed E-state index contributed by atoms with van der Waals surface area (Å²) in [5.41, 5.74) is 9.33. The van der Waals surface area contributed by atoms with Gasteiger partial charge in [0, 0.05) is 23.4 Å². The lowest BCUT2D eigenvalue weighted by Gasteiger charge is -2.34. The van der Waals surface area contributed by atoms with Gasteiger partial charge < -0.3 is 10.6 Å². The molecule has 1 heterocycles. The normalized spacial score (nSPS) is 15.6. The van der Waals surface area contributed by atoms with Crippen molar-refractivity contribution in [3.05, 3.63) is 58.1 Å². The van der Waals surface area contributed by atoms with Crippen LogP contribution >= 0.6 is 0 Å². The fraction of sp³-hybridized carbons (Fsp3) is 0.294. The molecule has 0 spiro atoms. The number of hydrogen-bond acceptors (Lipinski definition) is 4. The zero-order valence-corrected chi connectivity index (χ0v) is 13.2. The van der Waals surface area contributed by atoms with Gasteiger partial charge in [-0.15, -0.1) is 0 Å². The highest BCUT2D eigenvalue weighted by atomic mass is 16.6. The Balaban J connectivity index is 1.75. The predicted octanol–water partition coefficient (Wildman–Crippen LogP) is 1.52. The van der Waals surface area contributed by atoms with Gasteiger partial charge in [0.2, 0.25) is 0 Å². The number of nitrogens with one attached hydrogen (secondary N) is 1. The van der Waals surface area contributed by atoms with E-state index in [-0.39, 0.29) is 11.4 Å². The molecule has 1 fully saturated rings. The molecule has 0 saturated carbocycles. The van der Waals surface area contributed by atoms with Gasteiger partial charge >= 0.3 is 0 Å². The van der Waals surface area contributed by atoms with Crippen molar-refractivity contribution >= 4 is 22.7 Å². The monoisotopic (exact) mass is 313 g/mol. The van der Waals surface area contributed by atoms with E-state index in [2.05, 4.69) is 29.2 Å². The summed E-state index contributed by atoms with van der Waals surface area (Å²) in [5.74, 6) is 0. The SMILES string of the molecule is Cc1cc([N+](=O)[O-])c(N)cc1[NH+]1CCN(c2ccccc2)CC1. The van der Waals surface area contributed by atoms with Gasteiger partial charge in [0.15, 0.2) is 0 Å². The number of quaternary nitrogens is 1. The molecule has 2 aromatic carbocycles. The summed E-state index contributed by atoms with van der Waals surface area (Å²) in [7, 11) is 0. The highest BCUT2D eigenvalue weighted by Gasteiger charge is 2.25. The molecule has 120 valence electrons. The minimum absolute atomic E-state index is 0.00595. The number of nitro groups is 1. The molecule has 0 bridgehead atoms. The van der Waals surface area contributed by atoms with E-state index in [0.29, 0.717) is 0 Å². The van der Waals surface area contributed by atoms with Crippen LogP contribution < -0.4 is 15.5 Å². The molecule has 0 amide bonds. The van der Waals surface area contributed by atoms with Crippen molar-refractivity contribution in [2.75, 3.05) is 36.8 Å². The van der Waals surface area contributed by atoms with Crippen molar-refractivity contribution in [3.63, 3.8) is 0 Å². The lowest BCUT2D eigenvalue weighted by molar-refractivity contribution is -0.833. The average Bonchev–Trinajstić information content (AvgIpc) is 2.57. The van der Waals surface area contributed by atoms with Crippen molar-refractivity contribution in [2.45, 2.75) is 6.92 Å². The molecule has 6 nitrogen and oxygen atoms in total. The lowest BCUT2D eigenvalue weighted by Crippen LogP contribution is -3.10. The number of para-hydroxylation sites is 1. The van der Waals surface area contributed by atoms with Gasteiger partial charge in [-0.3, -0.25) is 15.0 Å². The van der Waals surface area contributed by atoms with Crippen molar-refractivity contribution < 1.29 is 9.82 Å². The molecule has 2 aromatic rings. The third-order valence-electron chi connectivity index (χ3n) is 4.44. The Morgan fingerprint density at radius 2 is 1.83 bits per heavy atom. The van der Waals surface area contributed by atoms with Gasteiger partial charge in [0.1, 0.15) is 11.4 Å². The molecule has 1 aliphatic heterocycles. The summed E-state index contributed by atoms with van der Waals surface area (Å²) in [6.07, 6.45) is 0. The first-order valence-electron chi connectivity index (χ1n) is 7.76. The highest BCUT2D eigenvalue weighted by molar-refractivity contribution is 5.65. The minimum atomic E-state index is -0.422. The van der Waals surface area contributed by atoms with Gasteiger partial charge in [0.05, 0.1) is 31.1 Å². The average molecular weight is 313 g/mol. The van der Waals surface area contributed by atoms with Crippen LogP contribution in [0.1, 0.15) is 5.56 Å². The Hall–Kier alpha value is -2.60. The molecule has 1 saturated heterocycles. The summed E-state index contributed by atoms with van der Waals surface area (Å²) in [6, 6.07) is 13.7. The van der Waals surface area contributed by atoms with Crippen LogP contribution in [0.3, 0.4) is 0 Å². The Morgan fingerprint density at radius 1 is 1.17 bits per heavy atom. The fourth-order valence-corrected chi connectivity index (χ4v) is 3.19. The van der Waals surface area contributed by atoms with E-state index in [1.54, 1.807) is 12.1 Å². The molecular weight excluding hydrogens is 292 g/mol. The number of nitro benzene ring substituents is 1. The van der Waals surface area contributed by atoms with Crippen LogP contribution in [0.2, 0.25) is 0 Å². The van der Waals surface area contributed by atoms with Crippen molar-refractivity contribution in [1.29, 1.82) is 0 Å². The Bertz CT molecular complexity index is 710. The zero-order valence-electron chi connectivity index (χ0n) is 13.2. The molecule has 0 aromatic heterocycles. The third-order valence-corrected chi connectivity index (χ3v) is 4.44. The second kappa shape index (κ2) is 6.26. The second-order valence-electron chi connectivity index (χ2n) is 5.91. The quantitative estimate of drug-likeness (QED) is 0.512. The molecule has 23 heavy (non-hydrogen) atoms. The third kappa shape index (κ3) is 3.12. The summed E-state index contributed by atoms with van der Waals surface area (Å²) in [6.45, 7) is 5.73. The van der Waals surface area contributed by atoms with Crippen LogP contribution in [-0.2, 0) is 0 Å². The molecule has 1 aliphatic rings. The number of hydrogen-bond donors (Lipinski definition) is 2. The Labute approximate surface area is 135 Å². The van der Waals surface area contributed by atoms with Crippen LogP contribution in [0.15, 0.2) is 42.5 Å². The smallest absolute Gasteiger partial charge is 0.292 e. The van der Waals surface area contributed by atoms with Crippen LogP contribution in [-0.4, -0.2) is 31.1 Å². The molecular formula is C17H21N4O2+. The van der Waals surface area contributed by atoms with Gasteiger partial charge in [-0.05, 0) is 19.1 Å². The fourth-order valence-electron chi connectivity index (χ4n) is 3.19. The number of nitrogens with two attached hydrogens (primary N) is 1. The molecule has 3 N–H and O–H groups in total. The number of rotatable bonds is 3. The lowest BCUT2D eigenvalue weighted by atomic mass is 10.1. The van der Waals surface area contributed by atoms with Crippen LogP contribution in [0, 0.1) is 17.0 Å². The predicted molar refractivity (Wildman–Crippen MR) is 91.3 cm³/mol. The molecule has 6 heteroatoms. The number of nitrogens with zero attached hydrogens (tertiary/aromatic N) is 2. The van der Waals surface area contributed by atoms with Crippen LogP contribution in [0.5, 0.6) is 0 Å². The largest absolute Gasteiger partial charge is 0.393 e. The van der Waals surface area contributed by atoms with E-state index < -0.39 is 4.92 Å². The first kappa shape index (κ1) is 15.3. The van der Waals surface area contributed by atoms with Crippen molar-refractivity contribution in [1.82, 2.24) is 0 Å².